The van der Waals surface area contributed by atoms with E-state index in [9.17, 15) is 9.59 Å². The molecule has 0 spiro atoms. The van der Waals surface area contributed by atoms with Gasteiger partial charge in [0.15, 0.2) is 0 Å². The van der Waals surface area contributed by atoms with Gasteiger partial charge in [0.25, 0.3) is 0 Å². The number of aromatic nitrogens is 2. The first-order valence-corrected chi connectivity index (χ1v) is 6.74. The summed E-state index contributed by atoms with van der Waals surface area (Å²) in [4.78, 5) is 31.7. The minimum absolute atomic E-state index is 0.0205. The van der Waals surface area contributed by atoms with Gasteiger partial charge in [-0.3, -0.25) is 4.79 Å². The lowest BCUT2D eigenvalue weighted by molar-refractivity contribution is -0.138. The highest BCUT2D eigenvalue weighted by Crippen LogP contribution is 2.32. The number of nitrogens with zero attached hydrogens (tertiary/aromatic N) is 2. The average molecular weight is 280 g/mol. The van der Waals surface area contributed by atoms with Gasteiger partial charge in [-0.25, -0.2) is 9.78 Å². The second kappa shape index (κ2) is 5.94. The lowest BCUT2D eigenvalue weighted by atomic mass is 9.93. The predicted molar refractivity (Wildman–Crippen MR) is 72.0 cm³/mol. The zero-order valence-corrected chi connectivity index (χ0v) is 11.6. The number of nitrogens with one attached hydrogen (secondary N) is 2. The van der Waals surface area contributed by atoms with Crippen LogP contribution in [0.5, 0.6) is 0 Å². The number of rotatable bonds is 5. The molecule has 20 heavy (non-hydrogen) atoms. The molecule has 0 radical (unpaired) electrons. The number of carbonyl (C=O) groups excluding carboxylic acids is 1. The number of hydrogen-bond acceptors (Lipinski definition) is 3. The van der Waals surface area contributed by atoms with E-state index in [1.54, 1.807) is 19.4 Å². The minimum Gasteiger partial charge on any atom is -0.481 e. The third kappa shape index (κ3) is 3.49. The number of H-pyrrole nitrogens is 1. The van der Waals surface area contributed by atoms with Gasteiger partial charge in [-0.15, -0.1) is 0 Å². The second-order valence-corrected chi connectivity index (χ2v) is 5.38. The molecule has 2 amide bonds. The van der Waals surface area contributed by atoms with Crippen molar-refractivity contribution in [3.8, 4) is 0 Å². The molecule has 1 fully saturated rings. The number of aromatic amines is 1. The monoisotopic (exact) mass is 280 g/mol. The van der Waals surface area contributed by atoms with E-state index in [1.165, 1.54) is 4.90 Å². The van der Waals surface area contributed by atoms with Crippen molar-refractivity contribution >= 4 is 12.0 Å². The molecule has 3 N–H and O–H groups in total. The van der Waals surface area contributed by atoms with Crippen LogP contribution in [0.3, 0.4) is 0 Å². The number of imidazole rings is 1. The van der Waals surface area contributed by atoms with Gasteiger partial charge >= 0.3 is 12.0 Å². The summed E-state index contributed by atoms with van der Waals surface area (Å²) in [7, 11) is 1.67. The summed E-state index contributed by atoms with van der Waals surface area (Å²) in [6, 6.07) is -0.260. The first-order valence-electron chi connectivity index (χ1n) is 6.74. The summed E-state index contributed by atoms with van der Waals surface area (Å²) < 4.78 is 0. The van der Waals surface area contributed by atoms with E-state index in [1.807, 2.05) is 0 Å². The zero-order valence-electron chi connectivity index (χ0n) is 11.6. The highest BCUT2D eigenvalue weighted by Gasteiger charge is 2.38. The smallest absolute Gasteiger partial charge is 0.317 e. The first kappa shape index (κ1) is 14.4. The number of hydrogen-bond donors (Lipinski definition) is 3. The molecule has 1 aliphatic carbocycles. The van der Waals surface area contributed by atoms with Crippen LogP contribution in [0.1, 0.15) is 37.9 Å². The highest BCUT2D eigenvalue weighted by molar-refractivity contribution is 5.76. The Labute approximate surface area is 117 Å². The maximum Gasteiger partial charge on any atom is 0.317 e. The molecule has 1 aromatic rings. The average Bonchev–Trinajstić information content (AvgIpc) is 3.00. The topological polar surface area (TPSA) is 98.3 Å². The van der Waals surface area contributed by atoms with Crippen LogP contribution in [0.15, 0.2) is 12.4 Å². The normalized spacial score (nSPS) is 16.9. The van der Waals surface area contributed by atoms with E-state index in [0.29, 0.717) is 12.4 Å². The Balaban J connectivity index is 1.95. The minimum atomic E-state index is -0.874. The van der Waals surface area contributed by atoms with Crippen LogP contribution in [0.25, 0.3) is 0 Å². The molecule has 7 nitrogen and oxygen atoms in total. The van der Waals surface area contributed by atoms with E-state index < -0.39 is 11.5 Å². The number of aliphatic carboxylic acids is 1. The Morgan fingerprint density at radius 1 is 1.50 bits per heavy atom. The lowest BCUT2D eigenvalue weighted by Gasteiger charge is -2.31. The second-order valence-electron chi connectivity index (χ2n) is 5.38. The van der Waals surface area contributed by atoms with E-state index >= 15 is 0 Å². The summed E-state index contributed by atoms with van der Waals surface area (Å²) in [5.74, 6) is -0.178. The number of urea groups is 1. The molecule has 1 heterocycles. The third-order valence-electron chi connectivity index (χ3n) is 3.71. The Bertz CT molecular complexity index is 466. The lowest BCUT2D eigenvalue weighted by Crippen LogP contribution is -2.51. The Kier molecular flexibility index (Phi) is 4.26. The van der Waals surface area contributed by atoms with Crippen molar-refractivity contribution in [3.05, 3.63) is 18.2 Å². The summed E-state index contributed by atoms with van der Waals surface area (Å²) in [5, 5.41) is 11.9. The zero-order chi connectivity index (χ0) is 14.6. The SMILES string of the molecule is CN(Cc1ncc[nH]1)C(=O)NC1(CC(=O)O)CCCC1. The van der Waals surface area contributed by atoms with Crippen LogP contribution in [-0.4, -0.2) is 44.6 Å². The molecule has 7 heteroatoms. The van der Waals surface area contributed by atoms with Crippen molar-refractivity contribution in [2.75, 3.05) is 7.05 Å². The molecule has 2 rings (SSSR count). The van der Waals surface area contributed by atoms with Crippen LogP contribution >= 0.6 is 0 Å². The van der Waals surface area contributed by atoms with Crippen LogP contribution in [0.2, 0.25) is 0 Å². The largest absolute Gasteiger partial charge is 0.481 e. The molecule has 1 aliphatic rings. The molecule has 0 atom stereocenters. The van der Waals surface area contributed by atoms with Crippen molar-refractivity contribution in [3.63, 3.8) is 0 Å². The van der Waals surface area contributed by atoms with Gasteiger partial charge in [0.2, 0.25) is 0 Å². The molecule has 0 bridgehead atoms. The predicted octanol–water partition coefficient (Wildman–Crippen LogP) is 1.34. The fraction of sp³-hybridized carbons (Fsp3) is 0.615. The standard InChI is InChI=1S/C13H20N4O3/c1-17(9-10-14-6-7-15-10)12(20)16-13(8-11(18)19)4-2-3-5-13/h6-7H,2-5,8-9H2,1H3,(H,14,15)(H,16,20)(H,18,19). The highest BCUT2D eigenvalue weighted by atomic mass is 16.4. The molecular formula is C13H20N4O3. The maximum absolute atomic E-state index is 12.2. The molecule has 0 aliphatic heterocycles. The van der Waals surface area contributed by atoms with Crippen molar-refractivity contribution in [1.82, 2.24) is 20.2 Å². The summed E-state index contributed by atoms with van der Waals surface area (Å²) >= 11 is 0. The van der Waals surface area contributed by atoms with Gasteiger partial charge in [0.1, 0.15) is 5.82 Å². The summed E-state index contributed by atoms with van der Waals surface area (Å²) in [5.41, 5.74) is -0.597. The van der Waals surface area contributed by atoms with Crippen LogP contribution in [0.4, 0.5) is 4.79 Å². The number of carboxylic acid groups (broad SMARTS) is 1. The molecule has 0 saturated heterocycles. The van der Waals surface area contributed by atoms with Gasteiger partial charge in [-0.1, -0.05) is 12.8 Å². The van der Waals surface area contributed by atoms with E-state index in [2.05, 4.69) is 15.3 Å². The van der Waals surface area contributed by atoms with E-state index in [4.69, 9.17) is 5.11 Å². The number of amides is 2. The van der Waals surface area contributed by atoms with Crippen LogP contribution < -0.4 is 5.32 Å². The molecule has 0 unspecified atom stereocenters. The van der Waals surface area contributed by atoms with E-state index in [0.717, 1.165) is 25.7 Å². The van der Waals surface area contributed by atoms with Gasteiger partial charge in [0, 0.05) is 19.4 Å². The maximum atomic E-state index is 12.2. The third-order valence-corrected chi connectivity index (χ3v) is 3.71. The molecular weight excluding hydrogens is 260 g/mol. The Hall–Kier alpha value is -2.05. The van der Waals surface area contributed by atoms with Gasteiger partial charge in [0.05, 0.1) is 18.5 Å². The summed E-state index contributed by atoms with van der Waals surface area (Å²) in [6.07, 6.45) is 6.66. The fourth-order valence-electron chi connectivity index (χ4n) is 2.69. The van der Waals surface area contributed by atoms with Gasteiger partial charge in [-0.05, 0) is 12.8 Å². The molecule has 110 valence electrons. The van der Waals surface area contributed by atoms with Crippen LogP contribution in [-0.2, 0) is 11.3 Å². The van der Waals surface area contributed by atoms with Crippen LogP contribution in [0, 0.1) is 0 Å². The molecule has 1 saturated carbocycles. The van der Waals surface area contributed by atoms with Crippen molar-refractivity contribution in [2.45, 2.75) is 44.2 Å². The van der Waals surface area contributed by atoms with E-state index in [-0.39, 0.29) is 12.5 Å². The quantitative estimate of drug-likeness (QED) is 0.758. The number of carboxylic acids is 1. The first-order chi connectivity index (χ1) is 9.51. The molecule has 0 aromatic carbocycles. The van der Waals surface area contributed by atoms with Gasteiger partial charge in [-0.2, -0.15) is 0 Å². The Morgan fingerprint density at radius 2 is 2.20 bits per heavy atom. The summed E-state index contributed by atoms with van der Waals surface area (Å²) in [6.45, 7) is 0.363. The van der Waals surface area contributed by atoms with Gasteiger partial charge < -0.3 is 20.3 Å². The fourth-order valence-corrected chi connectivity index (χ4v) is 2.69. The van der Waals surface area contributed by atoms with Crippen molar-refractivity contribution < 1.29 is 14.7 Å². The Morgan fingerprint density at radius 3 is 2.75 bits per heavy atom. The van der Waals surface area contributed by atoms with Crippen molar-refractivity contribution in [1.29, 1.82) is 0 Å². The van der Waals surface area contributed by atoms with Crippen molar-refractivity contribution in [2.24, 2.45) is 0 Å². The molecule has 1 aromatic heterocycles. The number of carbonyl (C=O) groups is 2.